The zero-order valence-corrected chi connectivity index (χ0v) is 44.1. The van der Waals surface area contributed by atoms with E-state index in [4.69, 9.17) is 11.5 Å². The van der Waals surface area contributed by atoms with Crippen molar-refractivity contribution < 1.29 is 180 Å². The molecule has 7 rings (SSSR count). The molecule has 1 aromatic heterocycles. The molecule has 0 spiro atoms. The molecule has 0 bridgehead atoms. The second-order valence-corrected chi connectivity index (χ2v) is 17.9. The molecule has 2 aliphatic rings. The molecule has 5 aromatic rings. The summed E-state index contributed by atoms with van der Waals surface area (Å²) in [7, 11) is -20.9. The molecule has 0 atom stereocenters. The molecule has 4 aromatic carbocycles. The van der Waals surface area contributed by atoms with E-state index in [1.54, 1.807) is 0 Å². The number of Topliss-reactive ketones (excluding diaryl/α,β-unsaturated/α-hetero) is 2. The van der Waals surface area contributed by atoms with E-state index in [9.17, 15) is 61.5 Å². The van der Waals surface area contributed by atoms with E-state index >= 15 is 0 Å². The van der Waals surface area contributed by atoms with Gasteiger partial charge in [0.2, 0.25) is 11.6 Å². The van der Waals surface area contributed by atoms with Crippen LogP contribution in [0.15, 0.2) is 96.5 Å². The normalized spacial score (nSPS) is 15.1. The van der Waals surface area contributed by atoms with Crippen LogP contribution in [0.3, 0.4) is 0 Å². The third-order valence-electron chi connectivity index (χ3n) is 8.62. The second kappa shape index (κ2) is 20.1. The molecule has 1 heterocycles. The number of nitrogens with one attached hydrogen (secondary N) is 3. The van der Waals surface area contributed by atoms with Crippen LogP contribution in [0.1, 0.15) is 31.8 Å². The Hall–Kier alpha value is -2.65. The minimum atomic E-state index is -5.38. The zero-order chi connectivity index (χ0) is 43.0. The van der Waals surface area contributed by atoms with E-state index in [2.05, 4.69) is 31.0 Å². The van der Waals surface area contributed by atoms with Crippen molar-refractivity contribution in [3.63, 3.8) is 0 Å². The number of nitrogen functional groups attached to an aromatic ring is 2. The van der Waals surface area contributed by atoms with Crippen molar-refractivity contribution in [2.75, 3.05) is 22.3 Å². The fraction of sp³-hybridized carbons (Fsp3) is 0. The maximum atomic E-state index is 13.3. The first kappa shape index (κ1) is 54.7. The molecule has 0 saturated heterocycles. The molecule has 0 radical (unpaired) electrons. The number of anilines is 4. The van der Waals surface area contributed by atoms with E-state index in [1.807, 2.05) is 0 Å². The Morgan fingerprint density at radius 3 is 1.38 bits per heavy atom. The fourth-order valence-corrected chi connectivity index (χ4v) is 8.37. The SMILES string of the molecule is Nc1cc(S(=O)(=O)[O-])cc2c1C(=O)/C(=N/Nc1ccc(-c3nc4ccc(N/N=C5\C(=O)c6c(N)cc(S(=O)(=O)[O-])cc6C=C5S(=O)(=O)[O-])cc4[nH]3)cc1)C(S(=O)(=O)[O-])=C2.[Na+].[Na+].[Na+].[Na+]. The van der Waals surface area contributed by atoms with Gasteiger partial charge in [-0.3, -0.25) is 20.4 Å². The molecular formula is C33H20N8Na4O14S4. The molecule has 0 fully saturated rings. The number of hydrogen-bond acceptors (Lipinski definition) is 21. The third-order valence-corrected chi connectivity index (χ3v) is 11.9. The number of nitrogens with zero attached hydrogens (tertiary/aromatic N) is 3. The maximum Gasteiger partial charge on any atom is 1.00 e. The van der Waals surface area contributed by atoms with Crippen LogP contribution in [-0.4, -0.2) is 84.8 Å². The van der Waals surface area contributed by atoms with Crippen LogP contribution in [0.4, 0.5) is 22.7 Å². The summed E-state index contributed by atoms with van der Waals surface area (Å²) >= 11 is 0. The number of imidazole rings is 1. The summed E-state index contributed by atoms with van der Waals surface area (Å²) in [5.41, 5.74) is 14.1. The van der Waals surface area contributed by atoms with Gasteiger partial charge in [-0.15, -0.1) is 0 Å². The Morgan fingerprint density at radius 1 is 0.556 bits per heavy atom. The van der Waals surface area contributed by atoms with Crippen LogP contribution in [-0.2, 0) is 40.5 Å². The van der Waals surface area contributed by atoms with Gasteiger partial charge in [-0.25, -0.2) is 38.7 Å². The van der Waals surface area contributed by atoms with Gasteiger partial charge in [-0.05, 0) is 90.0 Å². The summed E-state index contributed by atoms with van der Waals surface area (Å²) in [6.45, 7) is 0. The number of rotatable bonds is 9. The van der Waals surface area contributed by atoms with Crippen molar-refractivity contribution in [2.45, 2.75) is 9.79 Å². The number of carbonyl (C=O) groups is 2. The van der Waals surface area contributed by atoms with Gasteiger partial charge in [0.05, 0.1) is 53.1 Å². The van der Waals surface area contributed by atoms with E-state index in [0.29, 0.717) is 46.7 Å². The third kappa shape index (κ3) is 11.5. The van der Waals surface area contributed by atoms with Crippen LogP contribution < -0.4 is 141 Å². The topological polar surface area (TPSA) is 392 Å². The smallest absolute Gasteiger partial charge is 0.744 e. The van der Waals surface area contributed by atoms with Crippen molar-refractivity contribution in [3.8, 4) is 11.4 Å². The first-order valence-electron chi connectivity index (χ1n) is 15.9. The number of aromatic amines is 1. The number of H-pyrrole nitrogens is 1. The largest absolute Gasteiger partial charge is 1.00 e. The number of aromatic nitrogens is 2. The first-order valence-corrected chi connectivity index (χ1v) is 21.6. The van der Waals surface area contributed by atoms with Crippen molar-refractivity contribution in [2.24, 2.45) is 10.2 Å². The Bertz CT molecular complexity index is 3340. The average Bonchev–Trinajstić information content (AvgIpc) is 3.55. The number of benzene rings is 4. The van der Waals surface area contributed by atoms with Crippen molar-refractivity contribution in [1.82, 2.24) is 9.97 Å². The Kier molecular flexibility index (Phi) is 17.4. The van der Waals surface area contributed by atoms with Crippen LogP contribution in [0.2, 0.25) is 0 Å². The molecule has 0 unspecified atom stereocenters. The Balaban J connectivity index is 0.00000264. The molecule has 2 aliphatic carbocycles. The minimum absolute atomic E-state index is 0. The summed E-state index contributed by atoms with van der Waals surface area (Å²) in [6.07, 6.45) is 1.37. The number of hydrogen-bond donors (Lipinski definition) is 5. The van der Waals surface area contributed by atoms with E-state index in [-0.39, 0.29) is 146 Å². The quantitative estimate of drug-likeness (QED) is 0.0396. The summed E-state index contributed by atoms with van der Waals surface area (Å²) < 4.78 is 142. The monoisotopic (exact) mass is 972 g/mol. The predicted octanol–water partition coefficient (Wildman–Crippen LogP) is -10.7. The fourth-order valence-electron chi connectivity index (χ4n) is 5.99. The van der Waals surface area contributed by atoms with Crippen LogP contribution in [0.5, 0.6) is 0 Å². The summed E-state index contributed by atoms with van der Waals surface area (Å²) in [4.78, 5) is 30.2. The first-order chi connectivity index (χ1) is 27.4. The maximum absolute atomic E-state index is 13.3. The number of hydrazone groups is 2. The molecule has 0 saturated carbocycles. The summed E-state index contributed by atoms with van der Waals surface area (Å²) in [5, 5.41) is 7.66. The van der Waals surface area contributed by atoms with Gasteiger partial charge in [0.15, 0.2) is 0 Å². The summed E-state index contributed by atoms with van der Waals surface area (Å²) in [6, 6.07) is 13.3. The number of allylic oxidation sites excluding steroid dienone is 2. The van der Waals surface area contributed by atoms with Crippen molar-refractivity contribution in [3.05, 3.63) is 98.8 Å². The van der Waals surface area contributed by atoms with Crippen LogP contribution >= 0.6 is 0 Å². The molecule has 0 amide bonds. The van der Waals surface area contributed by atoms with Gasteiger partial charge < -0.3 is 34.7 Å². The average molecular weight is 973 g/mol. The molecule has 22 nitrogen and oxygen atoms in total. The summed E-state index contributed by atoms with van der Waals surface area (Å²) in [5.74, 6) is -1.97. The number of ketones is 2. The molecule has 63 heavy (non-hydrogen) atoms. The van der Waals surface area contributed by atoms with Gasteiger partial charge in [0.25, 0.3) is 0 Å². The van der Waals surface area contributed by atoms with Gasteiger partial charge in [0, 0.05) is 16.9 Å². The molecule has 304 valence electrons. The molecular weight excluding hydrogens is 953 g/mol. The number of nitrogens with two attached hydrogens (primary N) is 2. The Labute approximate surface area is 445 Å². The molecule has 0 aliphatic heterocycles. The second-order valence-electron chi connectivity index (χ2n) is 12.5. The van der Waals surface area contributed by atoms with Gasteiger partial charge in [-0.2, -0.15) is 10.2 Å². The van der Waals surface area contributed by atoms with E-state index in [0.717, 1.165) is 12.1 Å². The van der Waals surface area contributed by atoms with E-state index < -0.39 is 100 Å². The Morgan fingerprint density at radius 2 is 0.968 bits per heavy atom. The van der Waals surface area contributed by atoms with Crippen molar-refractivity contribution in [1.29, 1.82) is 0 Å². The van der Waals surface area contributed by atoms with E-state index in [1.165, 1.54) is 42.5 Å². The van der Waals surface area contributed by atoms with Crippen LogP contribution in [0, 0.1) is 0 Å². The van der Waals surface area contributed by atoms with Gasteiger partial charge in [0.1, 0.15) is 57.7 Å². The van der Waals surface area contributed by atoms with Gasteiger partial charge in [-0.1, -0.05) is 0 Å². The number of carbonyl (C=O) groups excluding carboxylic acids is 2. The van der Waals surface area contributed by atoms with Crippen molar-refractivity contribution >= 4 is 109 Å². The van der Waals surface area contributed by atoms with Crippen LogP contribution in [0.25, 0.3) is 34.6 Å². The van der Waals surface area contributed by atoms with Gasteiger partial charge >= 0.3 is 118 Å². The minimum Gasteiger partial charge on any atom is -0.744 e. The molecule has 30 heteroatoms. The molecule has 7 N–H and O–H groups in total. The number of fused-ring (bicyclic) bond motifs is 3. The standard InChI is InChI=1S/C33H24N8O14S4.4Na/c34-21-12-19(56(44,45)46)7-15-9-25(58(50,51)52)29(31(42)27(15)21)40-38-17-3-1-14(2-4-17)33-36-23-6-5-18(11-24(23)37-33)39-41-30-26(59(53,54)55)10-16-8-20(57(47,48)49)13-22(35)28(16)32(30)43;;;;/h1-13,38-39H,34-35H2,(H,36,37)(H,44,45,46)(H,47,48,49)(H,50,51,52)(H,53,54,55);;;;/q;4*+1/p-4/b40-29+,41-30-;;;;. The predicted molar refractivity (Wildman–Crippen MR) is 205 cm³/mol. The zero-order valence-electron chi connectivity index (χ0n) is 32.9.